The van der Waals surface area contributed by atoms with Crippen LogP contribution in [0.5, 0.6) is 0 Å². The third-order valence-corrected chi connectivity index (χ3v) is 4.66. The second kappa shape index (κ2) is 5.35. The molecule has 2 nitrogen and oxygen atoms in total. The maximum Gasteiger partial charge on any atom is 0.314 e. The molecular weight excluding hydrogens is 244 g/mol. The molecule has 1 aromatic carbocycles. The summed E-state index contributed by atoms with van der Waals surface area (Å²) in [6.45, 7) is 4.32. The summed E-state index contributed by atoms with van der Waals surface area (Å²) < 4.78 is 0. The summed E-state index contributed by atoms with van der Waals surface area (Å²) in [6, 6.07) is 8.13. The van der Waals surface area contributed by atoms with E-state index in [1.807, 2.05) is 23.9 Å². The molecule has 0 heterocycles. The van der Waals surface area contributed by atoms with E-state index in [1.54, 1.807) is 0 Å². The molecule has 0 unspecified atom stereocenters. The van der Waals surface area contributed by atoms with Crippen molar-refractivity contribution in [1.29, 1.82) is 0 Å². The standard InChI is InChI=1S/C15H20O2S/c1-11(2)18-13-7-5-12(6-8-13)15(14(16)17)9-3-4-10-15/h5-8,11H,3-4,9-10H2,1-2H3,(H,16,17). The van der Waals surface area contributed by atoms with Gasteiger partial charge >= 0.3 is 5.97 Å². The number of carbonyl (C=O) groups is 1. The van der Waals surface area contributed by atoms with Crippen molar-refractivity contribution in [3.05, 3.63) is 29.8 Å². The molecule has 1 saturated carbocycles. The molecule has 1 N–H and O–H groups in total. The molecule has 0 aromatic heterocycles. The Balaban J connectivity index is 2.25. The van der Waals surface area contributed by atoms with E-state index < -0.39 is 11.4 Å². The molecule has 1 fully saturated rings. The topological polar surface area (TPSA) is 37.3 Å². The van der Waals surface area contributed by atoms with Gasteiger partial charge in [0.15, 0.2) is 0 Å². The third-order valence-electron chi connectivity index (χ3n) is 3.65. The molecule has 1 aliphatic carbocycles. The van der Waals surface area contributed by atoms with Gasteiger partial charge in [-0.3, -0.25) is 4.79 Å². The van der Waals surface area contributed by atoms with Gasteiger partial charge in [-0.1, -0.05) is 38.8 Å². The van der Waals surface area contributed by atoms with Crippen molar-refractivity contribution in [1.82, 2.24) is 0 Å². The lowest BCUT2D eigenvalue weighted by Gasteiger charge is -2.24. The van der Waals surface area contributed by atoms with Gasteiger partial charge in [0.1, 0.15) is 0 Å². The highest BCUT2D eigenvalue weighted by Crippen LogP contribution is 2.41. The van der Waals surface area contributed by atoms with Crippen LogP contribution >= 0.6 is 11.8 Å². The summed E-state index contributed by atoms with van der Waals surface area (Å²) in [5.41, 5.74) is 0.349. The highest BCUT2D eigenvalue weighted by Gasteiger charge is 2.42. The predicted octanol–water partition coefficient (Wildman–Crippen LogP) is 4.08. The van der Waals surface area contributed by atoms with Gasteiger partial charge in [0.05, 0.1) is 5.41 Å². The first kappa shape index (κ1) is 13.5. The average Bonchev–Trinajstić information content (AvgIpc) is 2.79. The SMILES string of the molecule is CC(C)Sc1ccc(C2(C(=O)O)CCCC2)cc1. The van der Waals surface area contributed by atoms with Crippen LogP contribution in [-0.4, -0.2) is 16.3 Å². The van der Waals surface area contributed by atoms with Crippen LogP contribution < -0.4 is 0 Å². The van der Waals surface area contributed by atoms with Crippen molar-refractivity contribution in [3.63, 3.8) is 0 Å². The molecule has 1 aliphatic rings. The summed E-state index contributed by atoms with van der Waals surface area (Å²) in [7, 11) is 0. The Labute approximate surface area is 113 Å². The van der Waals surface area contributed by atoms with Crippen LogP contribution in [0.15, 0.2) is 29.2 Å². The molecule has 0 saturated heterocycles. The fourth-order valence-corrected chi connectivity index (χ4v) is 3.57. The molecular formula is C15H20O2S. The maximum atomic E-state index is 11.6. The molecule has 2 rings (SSSR count). The second-order valence-electron chi connectivity index (χ2n) is 5.29. The Morgan fingerprint density at radius 1 is 1.22 bits per heavy atom. The van der Waals surface area contributed by atoms with Crippen molar-refractivity contribution < 1.29 is 9.90 Å². The maximum absolute atomic E-state index is 11.6. The number of benzene rings is 1. The Morgan fingerprint density at radius 2 is 1.78 bits per heavy atom. The molecule has 0 bridgehead atoms. The van der Waals surface area contributed by atoms with Crippen LogP contribution in [-0.2, 0) is 10.2 Å². The fourth-order valence-electron chi connectivity index (χ4n) is 2.73. The van der Waals surface area contributed by atoms with Gasteiger partial charge in [0, 0.05) is 10.1 Å². The van der Waals surface area contributed by atoms with Crippen LogP contribution in [0.3, 0.4) is 0 Å². The molecule has 0 atom stereocenters. The summed E-state index contributed by atoms with van der Waals surface area (Å²) in [5.74, 6) is -0.663. The van der Waals surface area contributed by atoms with Gasteiger partial charge in [-0.25, -0.2) is 0 Å². The zero-order chi connectivity index (χ0) is 13.2. The van der Waals surface area contributed by atoms with Gasteiger partial charge in [-0.15, -0.1) is 11.8 Å². The number of hydrogen-bond donors (Lipinski definition) is 1. The number of carboxylic acid groups (broad SMARTS) is 1. The van der Waals surface area contributed by atoms with E-state index in [2.05, 4.69) is 26.0 Å². The minimum absolute atomic E-state index is 0.552. The average molecular weight is 264 g/mol. The molecule has 1 aromatic rings. The zero-order valence-electron chi connectivity index (χ0n) is 11.0. The van der Waals surface area contributed by atoms with E-state index in [9.17, 15) is 9.90 Å². The quantitative estimate of drug-likeness (QED) is 0.832. The Kier molecular flexibility index (Phi) is 4.00. The number of aliphatic carboxylic acids is 1. The van der Waals surface area contributed by atoms with Gasteiger partial charge in [-0.2, -0.15) is 0 Å². The lowest BCUT2D eigenvalue weighted by Crippen LogP contribution is -2.32. The molecule has 0 amide bonds. The number of rotatable bonds is 4. The van der Waals surface area contributed by atoms with Gasteiger partial charge < -0.3 is 5.11 Å². The van der Waals surface area contributed by atoms with Crippen LogP contribution in [0, 0.1) is 0 Å². The molecule has 3 heteroatoms. The number of thioether (sulfide) groups is 1. The fraction of sp³-hybridized carbons (Fsp3) is 0.533. The van der Waals surface area contributed by atoms with Gasteiger partial charge in [0.2, 0.25) is 0 Å². The molecule has 0 spiro atoms. The Bertz CT molecular complexity index is 417. The summed E-state index contributed by atoms with van der Waals surface area (Å²) in [6.07, 6.45) is 3.60. The van der Waals surface area contributed by atoms with E-state index in [-0.39, 0.29) is 0 Å². The number of carboxylic acids is 1. The van der Waals surface area contributed by atoms with Crippen LogP contribution in [0.2, 0.25) is 0 Å². The van der Waals surface area contributed by atoms with E-state index >= 15 is 0 Å². The lowest BCUT2D eigenvalue weighted by molar-refractivity contribution is -0.143. The van der Waals surface area contributed by atoms with Crippen molar-refractivity contribution >= 4 is 17.7 Å². The van der Waals surface area contributed by atoms with E-state index in [0.717, 1.165) is 31.2 Å². The molecule has 18 heavy (non-hydrogen) atoms. The molecule has 0 aliphatic heterocycles. The van der Waals surface area contributed by atoms with Crippen molar-refractivity contribution in [2.24, 2.45) is 0 Å². The highest BCUT2D eigenvalue weighted by atomic mass is 32.2. The predicted molar refractivity (Wildman–Crippen MR) is 75.2 cm³/mol. The Hall–Kier alpha value is -0.960. The van der Waals surface area contributed by atoms with Crippen molar-refractivity contribution in [2.75, 3.05) is 0 Å². The molecule has 0 radical (unpaired) electrons. The minimum Gasteiger partial charge on any atom is -0.481 e. The summed E-state index contributed by atoms with van der Waals surface area (Å²) >= 11 is 1.81. The monoisotopic (exact) mass is 264 g/mol. The normalized spacial score (nSPS) is 18.2. The van der Waals surface area contributed by atoms with Crippen molar-refractivity contribution in [3.8, 4) is 0 Å². The summed E-state index contributed by atoms with van der Waals surface area (Å²) in [5, 5.41) is 10.1. The lowest BCUT2D eigenvalue weighted by atomic mass is 9.79. The zero-order valence-corrected chi connectivity index (χ0v) is 11.8. The smallest absolute Gasteiger partial charge is 0.314 e. The van der Waals surface area contributed by atoms with Crippen LogP contribution in [0.4, 0.5) is 0 Å². The van der Waals surface area contributed by atoms with Crippen LogP contribution in [0.25, 0.3) is 0 Å². The van der Waals surface area contributed by atoms with E-state index in [4.69, 9.17) is 0 Å². The first-order chi connectivity index (χ1) is 8.54. The van der Waals surface area contributed by atoms with Crippen LogP contribution in [0.1, 0.15) is 45.1 Å². The Morgan fingerprint density at radius 3 is 2.22 bits per heavy atom. The minimum atomic E-state index is -0.663. The second-order valence-corrected chi connectivity index (χ2v) is 6.94. The number of hydrogen-bond acceptors (Lipinski definition) is 2. The van der Waals surface area contributed by atoms with Crippen molar-refractivity contribution in [2.45, 2.75) is 55.1 Å². The summed E-state index contributed by atoms with van der Waals surface area (Å²) in [4.78, 5) is 12.8. The van der Waals surface area contributed by atoms with E-state index in [0.29, 0.717) is 5.25 Å². The van der Waals surface area contributed by atoms with E-state index in [1.165, 1.54) is 4.90 Å². The third kappa shape index (κ3) is 2.56. The van der Waals surface area contributed by atoms with Gasteiger partial charge in [-0.05, 0) is 30.5 Å². The molecule has 98 valence electrons. The first-order valence-corrected chi connectivity index (χ1v) is 7.43. The van der Waals surface area contributed by atoms with Gasteiger partial charge in [0.25, 0.3) is 0 Å². The largest absolute Gasteiger partial charge is 0.481 e. The first-order valence-electron chi connectivity index (χ1n) is 6.55. The highest BCUT2D eigenvalue weighted by molar-refractivity contribution is 7.99.